The second kappa shape index (κ2) is 15.4. The third kappa shape index (κ3) is 8.42. The third-order valence-corrected chi connectivity index (χ3v) is 5.32. The third-order valence-electron chi connectivity index (χ3n) is 5.32. The van der Waals surface area contributed by atoms with Gasteiger partial charge in [-0.05, 0) is 54.0 Å². The molecule has 0 bridgehead atoms. The number of esters is 2. The second-order valence-electron chi connectivity index (χ2n) is 7.95. The van der Waals surface area contributed by atoms with E-state index in [1.807, 2.05) is 6.07 Å². The number of nitrogens with zero attached hydrogens (tertiary/aromatic N) is 2. The fourth-order valence-electron chi connectivity index (χ4n) is 3.33. The Morgan fingerprint density at radius 1 is 0.763 bits per heavy atom. The molecule has 0 fully saturated rings. The van der Waals surface area contributed by atoms with Gasteiger partial charge in [0, 0.05) is 0 Å². The van der Waals surface area contributed by atoms with Crippen LogP contribution in [0.25, 0.3) is 12.2 Å². The molecule has 2 rings (SSSR count). The quantitative estimate of drug-likeness (QED) is 0.115. The smallest absolute Gasteiger partial charge is 0.354 e. The lowest BCUT2D eigenvalue weighted by atomic mass is 10.1. The summed E-state index contributed by atoms with van der Waals surface area (Å²) in [4.78, 5) is 24.4. The van der Waals surface area contributed by atoms with Crippen molar-refractivity contribution in [3.05, 3.63) is 58.7 Å². The number of unbranched alkanes of at least 4 members (excludes halogenated alkanes) is 3. The minimum absolute atomic E-state index is 0.0526. The summed E-state index contributed by atoms with van der Waals surface area (Å²) in [5.74, 6) is -0.405. The van der Waals surface area contributed by atoms with Crippen LogP contribution in [-0.4, -0.2) is 39.9 Å². The summed E-state index contributed by atoms with van der Waals surface area (Å²) in [7, 11) is 4.05. The molecule has 0 saturated heterocycles. The molecule has 0 aliphatic heterocycles. The summed E-state index contributed by atoms with van der Waals surface area (Å²) in [5.41, 5.74) is 0.536. The fourth-order valence-corrected chi connectivity index (χ4v) is 3.33. The van der Waals surface area contributed by atoms with Crippen molar-refractivity contribution in [2.45, 2.75) is 32.6 Å². The maximum Gasteiger partial charge on any atom is 0.354 e. The van der Waals surface area contributed by atoms with E-state index < -0.39 is 11.9 Å². The molecule has 0 N–H and O–H groups in total. The number of carbonyl (C=O) groups is 2. The van der Waals surface area contributed by atoms with Gasteiger partial charge in [-0.3, -0.25) is 0 Å². The first-order chi connectivity index (χ1) is 18.4. The van der Waals surface area contributed by atoms with Crippen molar-refractivity contribution < 1.29 is 33.3 Å². The highest BCUT2D eigenvalue weighted by Crippen LogP contribution is 2.31. The van der Waals surface area contributed by atoms with E-state index in [4.69, 9.17) is 24.2 Å². The SMILES string of the molecule is CCCCCCOc1ccc(C=C(C#N)C(=O)Oc2ccc(C=C(C#N)C(=O)OC)cc2OC)cc1OC. The van der Waals surface area contributed by atoms with Gasteiger partial charge in [0.15, 0.2) is 23.0 Å². The molecule has 0 saturated carbocycles. The van der Waals surface area contributed by atoms with Gasteiger partial charge in [0.25, 0.3) is 0 Å². The van der Waals surface area contributed by atoms with Gasteiger partial charge in [-0.15, -0.1) is 0 Å². The monoisotopic (exact) mass is 518 g/mol. The second-order valence-corrected chi connectivity index (χ2v) is 7.95. The van der Waals surface area contributed by atoms with E-state index >= 15 is 0 Å². The molecule has 0 atom stereocenters. The topological polar surface area (TPSA) is 128 Å². The zero-order chi connectivity index (χ0) is 27.9. The highest BCUT2D eigenvalue weighted by molar-refractivity contribution is 6.00. The lowest BCUT2D eigenvalue weighted by Gasteiger charge is -2.12. The first-order valence-electron chi connectivity index (χ1n) is 11.9. The molecular formula is C29H30N2O7. The molecule has 0 aliphatic carbocycles. The van der Waals surface area contributed by atoms with Crippen molar-refractivity contribution in [1.82, 2.24) is 0 Å². The van der Waals surface area contributed by atoms with E-state index in [-0.39, 0.29) is 22.6 Å². The normalized spacial score (nSPS) is 11.1. The Balaban J connectivity index is 2.21. The lowest BCUT2D eigenvalue weighted by molar-refractivity contribution is -0.135. The Morgan fingerprint density at radius 3 is 1.84 bits per heavy atom. The molecule has 0 unspecified atom stereocenters. The highest BCUT2D eigenvalue weighted by Gasteiger charge is 2.17. The van der Waals surface area contributed by atoms with Gasteiger partial charge < -0.3 is 23.7 Å². The highest BCUT2D eigenvalue weighted by atomic mass is 16.6. The first-order valence-corrected chi connectivity index (χ1v) is 11.9. The lowest BCUT2D eigenvalue weighted by Crippen LogP contribution is -2.11. The number of carbonyl (C=O) groups excluding carboxylic acids is 2. The van der Waals surface area contributed by atoms with E-state index in [1.165, 1.54) is 51.7 Å². The van der Waals surface area contributed by atoms with E-state index in [0.717, 1.165) is 25.7 Å². The maximum atomic E-state index is 12.8. The number of hydrogen-bond acceptors (Lipinski definition) is 9. The molecule has 2 aromatic carbocycles. The minimum atomic E-state index is -0.892. The number of hydrogen-bond donors (Lipinski definition) is 0. The number of ether oxygens (including phenoxy) is 5. The van der Waals surface area contributed by atoms with Crippen molar-refractivity contribution >= 4 is 24.1 Å². The Kier molecular flexibility index (Phi) is 11.9. The van der Waals surface area contributed by atoms with Crippen LogP contribution in [0.3, 0.4) is 0 Å². The van der Waals surface area contributed by atoms with Crippen molar-refractivity contribution in [3.8, 4) is 35.1 Å². The summed E-state index contributed by atoms with van der Waals surface area (Å²) in [6, 6.07) is 13.1. The van der Waals surface area contributed by atoms with Gasteiger partial charge in [0.1, 0.15) is 23.3 Å². The molecule has 0 spiro atoms. The van der Waals surface area contributed by atoms with Crippen LogP contribution in [0.1, 0.15) is 43.7 Å². The number of nitriles is 2. The molecule has 38 heavy (non-hydrogen) atoms. The predicted molar refractivity (Wildman–Crippen MR) is 140 cm³/mol. The average molecular weight is 519 g/mol. The Hall–Kier alpha value is -4.76. The van der Waals surface area contributed by atoms with Crippen LogP contribution in [0.5, 0.6) is 23.0 Å². The maximum absolute atomic E-state index is 12.8. The molecule has 2 aromatic rings. The molecule has 0 heterocycles. The standard InChI is InChI=1S/C29H30N2O7/c1-5-6-7-8-13-37-24-11-9-20(16-26(24)34-2)15-23(19-31)29(33)38-25-12-10-21(17-27(25)35-3)14-22(18-30)28(32)36-4/h9-12,14-17H,5-8,13H2,1-4H3. The Morgan fingerprint density at radius 2 is 1.32 bits per heavy atom. The Bertz CT molecular complexity index is 1280. The number of methoxy groups -OCH3 is 3. The van der Waals surface area contributed by atoms with Crippen LogP contribution in [0.4, 0.5) is 0 Å². The van der Waals surface area contributed by atoms with Crippen LogP contribution in [0, 0.1) is 22.7 Å². The van der Waals surface area contributed by atoms with E-state index in [2.05, 4.69) is 11.7 Å². The van der Waals surface area contributed by atoms with Gasteiger partial charge in [-0.25, -0.2) is 9.59 Å². The summed E-state index contributed by atoms with van der Waals surface area (Å²) in [5, 5.41) is 18.7. The molecule has 0 aromatic heterocycles. The molecule has 198 valence electrons. The van der Waals surface area contributed by atoms with Gasteiger partial charge >= 0.3 is 11.9 Å². The van der Waals surface area contributed by atoms with Crippen LogP contribution in [-0.2, 0) is 14.3 Å². The van der Waals surface area contributed by atoms with Crippen LogP contribution >= 0.6 is 0 Å². The van der Waals surface area contributed by atoms with Crippen LogP contribution < -0.4 is 18.9 Å². The van der Waals surface area contributed by atoms with E-state index in [9.17, 15) is 14.9 Å². The fraction of sp³-hybridized carbons (Fsp3) is 0.310. The first kappa shape index (κ1) is 29.5. The summed E-state index contributed by atoms with van der Waals surface area (Å²) in [6.45, 7) is 2.71. The minimum Gasteiger partial charge on any atom is -0.493 e. The largest absolute Gasteiger partial charge is 0.493 e. The predicted octanol–water partition coefficient (Wildman–Crippen LogP) is 5.26. The summed E-state index contributed by atoms with van der Waals surface area (Å²) in [6.07, 6.45) is 7.02. The molecule has 0 radical (unpaired) electrons. The van der Waals surface area contributed by atoms with Gasteiger partial charge in [-0.2, -0.15) is 10.5 Å². The van der Waals surface area contributed by atoms with Crippen molar-refractivity contribution in [1.29, 1.82) is 10.5 Å². The zero-order valence-electron chi connectivity index (χ0n) is 21.9. The molecule has 0 aliphatic rings. The number of rotatable bonds is 13. The van der Waals surface area contributed by atoms with Gasteiger partial charge in [0.05, 0.1) is 27.9 Å². The number of benzene rings is 2. The molecule has 9 nitrogen and oxygen atoms in total. The summed E-state index contributed by atoms with van der Waals surface area (Å²) < 4.78 is 26.5. The summed E-state index contributed by atoms with van der Waals surface area (Å²) >= 11 is 0. The zero-order valence-corrected chi connectivity index (χ0v) is 21.9. The molecule has 9 heteroatoms. The van der Waals surface area contributed by atoms with E-state index in [1.54, 1.807) is 24.3 Å². The van der Waals surface area contributed by atoms with Gasteiger partial charge in [0.2, 0.25) is 0 Å². The van der Waals surface area contributed by atoms with Crippen molar-refractivity contribution in [2.75, 3.05) is 27.9 Å². The van der Waals surface area contributed by atoms with Crippen LogP contribution in [0.15, 0.2) is 47.5 Å². The van der Waals surface area contributed by atoms with E-state index in [0.29, 0.717) is 29.2 Å². The Labute approximate surface area is 222 Å². The molecular weight excluding hydrogens is 488 g/mol. The average Bonchev–Trinajstić information content (AvgIpc) is 2.94. The molecule has 0 amide bonds. The van der Waals surface area contributed by atoms with Crippen molar-refractivity contribution in [2.24, 2.45) is 0 Å². The van der Waals surface area contributed by atoms with Crippen molar-refractivity contribution in [3.63, 3.8) is 0 Å². The van der Waals surface area contributed by atoms with Gasteiger partial charge in [-0.1, -0.05) is 38.3 Å². The van der Waals surface area contributed by atoms with Crippen LogP contribution in [0.2, 0.25) is 0 Å².